The second-order valence-corrected chi connectivity index (χ2v) is 6.59. The molecule has 0 spiro atoms. The summed E-state index contributed by atoms with van der Waals surface area (Å²) in [5.74, 6) is 0.760. The molecule has 1 aliphatic heterocycles. The Morgan fingerprint density at radius 2 is 1.95 bits per heavy atom. The number of hydrogen-bond acceptors (Lipinski definition) is 4. The van der Waals surface area contributed by atoms with Gasteiger partial charge in [0.2, 0.25) is 5.91 Å². The van der Waals surface area contributed by atoms with E-state index in [0.717, 1.165) is 32.5 Å². The van der Waals surface area contributed by atoms with Gasteiger partial charge in [-0.2, -0.15) is 0 Å². The molecule has 0 unspecified atom stereocenters. The summed E-state index contributed by atoms with van der Waals surface area (Å²) in [7, 11) is 0. The Balaban J connectivity index is 1.93. The van der Waals surface area contributed by atoms with E-state index < -0.39 is 0 Å². The lowest BCUT2D eigenvalue weighted by molar-refractivity contribution is -0.135. The Hall–Kier alpha value is -0.650. The zero-order valence-electron chi connectivity index (χ0n) is 12.7. The van der Waals surface area contributed by atoms with Crippen LogP contribution in [-0.4, -0.2) is 71.9 Å². The molecule has 5 heteroatoms. The van der Waals surface area contributed by atoms with Crippen LogP contribution in [0.15, 0.2) is 0 Å². The molecule has 0 aromatic heterocycles. The van der Waals surface area contributed by atoms with Crippen molar-refractivity contribution in [3.05, 3.63) is 0 Å². The molecule has 116 valence electrons. The molecule has 1 saturated carbocycles. The van der Waals surface area contributed by atoms with E-state index in [-0.39, 0.29) is 30.5 Å². The van der Waals surface area contributed by atoms with Gasteiger partial charge in [-0.1, -0.05) is 13.8 Å². The number of hydrogen-bond donors (Lipinski definition) is 2. The van der Waals surface area contributed by atoms with E-state index in [1.54, 1.807) is 0 Å². The summed E-state index contributed by atoms with van der Waals surface area (Å²) in [6.07, 6.45) is 2.00. The quantitative estimate of drug-likeness (QED) is 0.699. The fraction of sp³-hybridized carbons (Fsp3) is 0.933. The molecule has 1 amide bonds. The van der Waals surface area contributed by atoms with Crippen molar-refractivity contribution < 1.29 is 15.0 Å². The van der Waals surface area contributed by atoms with Crippen molar-refractivity contribution in [2.24, 2.45) is 17.3 Å². The van der Waals surface area contributed by atoms with E-state index in [0.29, 0.717) is 19.0 Å². The molecule has 2 atom stereocenters. The third kappa shape index (κ3) is 3.32. The Bertz CT molecular complexity index is 344. The van der Waals surface area contributed by atoms with Crippen LogP contribution in [0.25, 0.3) is 0 Å². The molecule has 0 bridgehead atoms. The van der Waals surface area contributed by atoms with Crippen molar-refractivity contribution in [3.8, 4) is 0 Å². The van der Waals surface area contributed by atoms with E-state index in [9.17, 15) is 9.90 Å². The highest BCUT2D eigenvalue weighted by atomic mass is 16.3. The van der Waals surface area contributed by atoms with Gasteiger partial charge < -0.3 is 20.0 Å². The largest absolute Gasteiger partial charge is 0.396 e. The van der Waals surface area contributed by atoms with Crippen molar-refractivity contribution in [3.63, 3.8) is 0 Å². The third-order valence-electron chi connectivity index (χ3n) is 4.97. The van der Waals surface area contributed by atoms with E-state index in [2.05, 4.69) is 11.8 Å². The van der Waals surface area contributed by atoms with Gasteiger partial charge in [-0.25, -0.2) is 0 Å². The minimum absolute atomic E-state index is 0.121. The molecule has 0 radical (unpaired) electrons. The maximum Gasteiger partial charge on any atom is 0.228 e. The van der Waals surface area contributed by atoms with Crippen LogP contribution in [0, 0.1) is 17.3 Å². The maximum atomic E-state index is 12.4. The SMILES string of the molecule is CCN(CCO)C[C@@H]1CN(C(=O)C2(C)CC2)C[C@@H]1CO. The van der Waals surface area contributed by atoms with Gasteiger partial charge in [0.25, 0.3) is 0 Å². The average Bonchev–Trinajstić information content (AvgIpc) is 3.07. The average molecular weight is 284 g/mol. The first kappa shape index (κ1) is 15.7. The Kier molecular flexibility index (Phi) is 5.04. The summed E-state index contributed by atoms with van der Waals surface area (Å²) < 4.78 is 0. The number of aliphatic hydroxyl groups excluding tert-OH is 2. The fourth-order valence-corrected chi connectivity index (χ4v) is 3.15. The van der Waals surface area contributed by atoms with Gasteiger partial charge in [0.1, 0.15) is 0 Å². The van der Waals surface area contributed by atoms with Crippen molar-refractivity contribution in [2.75, 3.05) is 45.9 Å². The first-order chi connectivity index (χ1) is 9.54. The number of likely N-dealkylation sites (N-methyl/N-ethyl adjacent to an activating group) is 1. The van der Waals surface area contributed by atoms with Gasteiger partial charge in [0.15, 0.2) is 0 Å². The van der Waals surface area contributed by atoms with E-state index in [1.807, 2.05) is 11.8 Å². The third-order valence-corrected chi connectivity index (χ3v) is 4.97. The molecule has 5 nitrogen and oxygen atoms in total. The summed E-state index contributed by atoms with van der Waals surface area (Å²) in [5.41, 5.74) is -0.121. The molecule has 2 N–H and O–H groups in total. The Morgan fingerprint density at radius 3 is 2.45 bits per heavy atom. The van der Waals surface area contributed by atoms with Gasteiger partial charge in [0, 0.05) is 44.1 Å². The number of likely N-dealkylation sites (tertiary alicyclic amines) is 1. The minimum atomic E-state index is -0.121. The fourth-order valence-electron chi connectivity index (χ4n) is 3.15. The first-order valence-corrected chi connectivity index (χ1v) is 7.77. The number of aliphatic hydroxyl groups is 2. The zero-order chi connectivity index (χ0) is 14.8. The zero-order valence-corrected chi connectivity index (χ0v) is 12.7. The normalized spacial score (nSPS) is 28.1. The van der Waals surface area contributed by atoms with Crippen molar-refractivity contribution in [1.29, 1.82) is 0 Å². The van der Waals surface area contributed by atoms with Crippen LogP contribution >= 0.6 is 0 Å². The van der Waals surface area contributed by atoms with Crippen molar-refractivity contribution in [2.45, 2.75) is 26.7 Å². The van der Waals surface area contributed by atoms with Crippen LogP contribution < -0.4 is 0 Å². The van der Waals surface area contributed by atoms with E-state index in [1.165, 1.54) is 0 Å². The summed E-state index contributed by atoms with van der Waals surface area (Å²) in [6.45, 7) is 8.26. The molecule has 20 heavy (non-hydrogen) atoms. The molecule has 1 saturated heterocycles. The van der Waals surface area contributed by atoms with Gasteiger partial charge in [0.05, 0.1) is 6.61 Å². The van der Waals surface area contributed by atoms with Crippen LogP contribution in [0.5, 0.6) is 0 Å². The minimum Gasteiger partial charge on any atom is -0.396 e. The highest BCUT2D eigenvalue weighted by Gasteiger charge is 2.49. The standard InChI is InChI=1S/C15H28N2O3/c1-3-16(6-7-18)8-12-9-17(10-13(12)11-19)14(20)15(2)4-5-15/h12-13,18-19H,3-11H2,1-2H3/t12-,13-/m1/s1. The Morgan fingerprint density at radius 1 is 1.30 bits per heavy atom. The van der Waals surface area contributed by atoms with Crippen molar-refractivity contribution in [1.82, 2.24) is 9.80 Å². The number of nitrogens with zero attached hydrogens (tertiary/aromatic N) is 2. The Labute approximate surface area is 121 Å². The molecule has 1 heterocycles. The monoisotopic (exact) mass is 284 g/mol. The lowest BCUT2D eigenvalue weighted by Gasteiger charge is -2.25. The smallest absolute Gasteiger partial charge is 0.228 e. The predicted octanol–water partition coefficient (Wildman–Crippen LogP) is 0.168. The van der Waals surface area contributed by atoms with Crippen LogP contribution in [-0.2, 0) is 4.79 Å². The lowest BCUT2D eigenvalue weighted by Crippen LogP contribution is -2.37. The van der Waals surface area contributed by atoms with E-state index >= 15 is 0 Å². The topological polar surface area (TPSA) is 64.0 Å². The number of amides is 1. The van der Waals surface area contributed by atoms with E-state index in [4.69, 9.17) is 5.11 Å². The van der Waals surface area contributed by atoms with Gasteiger partial charge in [-0.3, -0.25) is 4.79 Å². The van der Waals surface area contributed by atoms with Gasteiger partial charge in [-0.05, 0) is 25.3 Å². The summed E-state index contributed by atoms with van der Waals surface area (Å²) in [6, 6.07) is 0. The second kappa shape index (κ2) is 6.41. The lowest BCUT2D eigenvalue weighted by atomic mass is 9.96. The van der Waals surface area contributed by atoms with Gasteiger partial charge in [-0.15, -0.1) is 0 Å². The van der Waals surface area contributed by atoms with Gasteiger partial charge >= 0.3 is 0 Å². The van der Waals surface area contributed by atoms with Crippen molar-refractivity contribution >= 4 is 5.91 Å². The predicted molar refractivity (Wildman–Crippen MR) is 77.2 cm³/mol. The highest BCUT2D eigenvalue weighted by molar-refractivity contribution is 5.85. The van der Waals surface area contributed by atoms with Crippen LogP contribution in [0.4, 0.5) is 0 Å². The molecule has 0 aromatic carbocycles. The highest BCUT2D eigenvalue weighted by Crippen LogP contribution is 2.47. The number of carbonyl (C=O) groups is 1. The maximum absolute atomic E-state index is 12.4. The molecule has 0 aromatic rings. The molecule has 2 rings (SSSR count). The van der Waals surface area contributed by atoms with Crippen LogP contribution in [0.1, 0.15) is 26.7 Å². The number of rotatable bonds is 7. The molecule has 2 aliphatic rings. The summed E-state index contributed by atoms with van der Waals surface area (Å²) in [5, 5.41) is 18.6. The number of carbonyl (C=O) groups excluding carboxylic acids is 1. The molecular weight excluding hydrogens is 256 g/mol. The van der Waals surface area contributed by atoms with Crippen LogP contribution in [0.3, 0.4) is 0 Å². The second-order valence-electron chi connectivity index (χ2n) is 6.59. The van der Waals surface area contributed by atoms with Crippen LogP contribution in [0.2, 0.25) is 0 Å². The molecule has 1 aliphatic carbocycles. The molecule has 2 fully saturated rings. The first-order valence-electron chi connectivity index (χ1n) is 7.77. The molecular formula is C15H28N2O3. The summed E-state index contributed by atoms with van der Waals surface area (Å²) >= 11 is 0. The summed E-state index contributed by atoms with van der Waals surface area (Å²) in [4.78, 5) is 16.6.